The van der Waals surface area contributed by atoms with Crippen LogP contribution in [0.1, 0.15) is 0 Å². The molecule has 1 aromatic heterocycles. The molecule has 0 aliphatic rings. The number of halogens is 1. The number of aryl methyl sites for hydroxylation is 1. The molecule has 0 atom stereocenters. The van der Waals surface area contributed by atoms with Crippen molar-refractivity contribution < 1.29 is 14.2 Å². The Hall–Kier alpha value is -2.24. The first-order chi connectivity index (χ1) is 8.04. The first-order valence-corrected chi connectivity index (χ1v) is 4.89. The predicted octanol–water partition coefficient (Wildman–Crippen LogP) is 1.52. The first-order valence-electron chi connectivity index (χ1n) is 4.89. The van der Waals surface area contributed by atoms with Crippen molar-refractivity contribution in [3.63, 3.8) is 0 Å². The Morgan fingerprint density at radius 3 is 2.65 bits per heavy atom. The molecule has 2 aromatic rings. The number of hydrogen-bond acceptors (Lipinski definition) is 4. The molecule has 0 fully saturated rings. The van der Waals surface area contributed by atoms with Crippen molar-refractivity contribution >= 4 is 5.82 Å². The van der Waals surface area contributed by atoms with Crippen LogP contribution < -0.4 is 10.5 Å². The SMILES string of the molecule is COc1cc(-c2cnn(C)c2N)c(F)cc1O. The van der Waals surface area contributed by atoms with Crippen LogP contribution in [0.3, 0.4) is 0 Å². The molecular weight excluding hydrogens is 225 g/mol. The van der Waals surface area contributed by atoms with Crippen molar-refractivity contribution in [2.24, 2.45) is 7.05 Å². The van der Waals surface area contributed by atoms with E-state index < -0.39 is 5.82 Å². The molecule has 0 unspecified atom stereocenters. The Morgan fingerprint density at radius 1 is 1.41 bits per heavy atom. The van der Waals surface area contributed by atoms with Gasteiger partial charge < -0.3 is 15.6 Å². The highest BCUT2D eigenvalue weighted by Crippen LogP contribution is 2.35. The van der Waals surface area contributed by atoms with Gasteiger partial charge in [-0.05, 0) is 6.07 Å². The van der Waals surface area contributed by atoms with Crippen molar-refractivity contribution in [2.75, 3.05) is 12.8 Å². The number of rotatable bonds is 2. The van der Waals surface area contributed by atoms with Gasteiger partial charge >= 0.3 is 0 Å². The normalized spacial score (nSPS) is 10.5. The van der Waals surface area contributed by atoms with Gasteiger partial charge in [0, 0.05) is 24.2 Å². The van der Waals surface area contributed by atoms with Gasteiger partial charge in [0.05, 0.1) is 13.3 Å². The second-order valence-electron chi connectivity index (χ2n) is 3.57. The van der Waals surface area contributed by atoms with Gasteiger partial charge in [0.1, 0.15) is 11.6 Å². The van der Waals surface area contributed by atoms with Crippen molar-refractivity contribution in [1.82, 2.24) is 9.78 Å². The minimum absolute atomic E-state index is 0.185. The molecule has 0 saturated heterocycles. The van der Waals surface area contributed by atoms with Crippen molar-refractivity contribution in [2.45, 2.75) is 0 Å². The van der Waals surface area contributed by atoms with E-state index in [0.717, 1.165) is 6.07 Å². The highest BCUT2D eigenvalue weighted by atomic mass is 19.1. The molecule has 0 aliphatic carbocycles. The van der Waals surface area contributed by atoms with Gasteiger partial charge in [0.15, 0.2) is 11.5 Å². The summed E-state index contributed by atoms with van der Waals surface area (Å²) in [6.45, 7) is 0. The third-order valence-electron chi connectivity index (χ3n) is 2.54. The summed E-state index contributed by atoms with van der Waals surface area (Å²) in [4.78, 5) is 0. The Balaban J connectivity index is 2.63. The number of nitrogens with zero attached hydrogens (tertiary/aromatic N) is 2. The Kier molecular flexibility index (Phi) is 2.63. The number of phenols is 1. The highest BCUT2D eigenvalue weighted by Gasteiger charge is 2.15. The molecule has 1 aromatic carbocycles. The van der Waals surface area contributed by atoms with Crippen molar-refractivity contribution in [1.29, 1.82) is 0 Å². The molecule has 0 radical (unpaired) electrons. The summed E-state index contributed by atoms with van der Waals surface area (Å²) >= 11 is 0. The standard InChI is InChI=1S/C11H12FN3O2/c1-15-11(13)7(5-14-15)6-3-10(17-2)9(16)4-8(6)12/h3-5,16H,13H2,1-2H3. The minimum atomic E-state index is -0.581. The molecule has 0 spiro atoms. The number of aromatic nitrogens is 2. The number of aromatic hydroxyl groups is 1. The van der Waals surface area contributed by atoms with E-state index in [9.17, 15) is 9.50 Å². The zero-order valence-corrected chi connectivity index (χ0v) is 9.44. The molecule has 17 heavy (non-hydrogen) atoms. The van der Waals surface area contributed by atoms with E-state index in [4.69, 9.17) is 10.5 Å². The Bertz CT molecular complexity index is 566. The summed E-state index contributed by atoms with van der Waals surface area (Å²) in [5.74, 6) is -0.305. The summed E-state index contributed by atoms with van der Waals surface area (Å²) in [6, 6.07) is 2.37. The van der Waals surface area contributed by atoms with Crippen LogP contribution in [0.2, 0.25) is 0 Å². The lowest BCUT2D eigenvalue weighted by Gasteiger charge is -2.07. The molecule has 0 bridgehead atoms. The molecule has 6 heteroatoms. The maximum atomic E-state index is 13.7. The lowest BCUT2D eigenvalue weighted by atomic mass is 10.1. The van der Waals surface area contributed by atoms with Gasteiger partial charge in [-0.1, -0.05) is 0 Å². The van der Waals surface area contributed by atoms with Crippen molar-refractivity contribution in [3.05, 3.63) is 24.1 Å². The van der Waals surface area contributed by atoms with E-state index in [1.165, 1.54) is 24.1 Å². The Morgan fingerprint density at radius 2 is 2.12 bits per heavy atom. The molecule has 1 heterocycles. The molecule has 0 aliphatic heterocycles. The minimum Gasteiger partial charge on any atom is -0.504 e. The van der Waals surface area contributed by atoms with Crippen LogP contribution in [0.25, 0.3) is 11.1 Å². The monoisotopic (exact) mass is 237 g/mol. The zero-order chi connectivity index (χ0) is 12.6. The van der Waals surface area contributed by atoms with Gasteiger partial charge in [-0.15, -0.1) is 0 Å². The second-order valence-corrected chi connectivity index (χ2v) is 3.57. The molecule has 5 nitrogen and oxygen atoms in total. The molecule has 3 N–H and O–H groups in total. The maximum Gasteiger partial charge on any atom is 0.161 e. The fourth-order valence-corrected chi connectivity index (χ4v) is 1.57. The van der Waals surface area contributed by atoms with Gasteiger partial charge in [-0.3, -0.25) is 4.68 Å². The average Bonchev–Trinajstić information content (AvgIpc) is 2.61. The lowest BCUT2D eigenvalue weighted by Crippen LogP contribution is -1.98. The number of phenolic OH excluding ortho intramolecular Hbond substituents is 1. The maximum absolute atomic E-state index is 13.7. The third-order valence-corrected chi connectivity index (χ3v) is 2.54. The van der Waals surface area contributed by atoms with E-state index in [0.29, 0.717) is 11.4 Å². The average molecular weight is 237 g/mol. The lowest BCUT2D eigenvalue weighted by molar-refractivity contribution is 0.371. The number of benzene rings is 1. The zero-order valence-electron chi connectivity index (χ0n) is 9.44. The third kappa shape index (κ3) is 1.77. The first kappa shape index (κ1) is 11.3. The smallest absolute Gasteiger partial charge is 0.161 e. The number of ether oxygens (including phenoxy) is 1. The van der Waals surface area contributed by atoms with E-state index >= 15 is 0 Å². The quantitative estimate of drug-likeness (QED) is 0.830. The van der Waals surface area contributed by atoms with Crippen LogP contribution in [0.5, 0.6) is 11.5 Å². The van der Waals surface area contributed by atoms with Crippen LogP contribution >= 0.6 is 0 Å². The highest BCUT2D eigenvalue weighted by molar-refractivity contribution is 5.75. The van der Waals surface area contributed by atoms with Gasteiger partial charge in [0.25, 0.3) is 0 Å². The number of anilines is 1. The van der Waals surface area contributed by atoms with E-state index in [1.807, 2.05) is 0 Å². The van der Waals surface area contributed by atoms with Crippen LogP contribution in [0, 0.1) is 5.82 Å². The van der Waals surface area contributed by atoms with Crippen LogP contribution in [-0.4, -0.2) is 22.0 Å². The topological polar surface area (TPSA) is 73.3 Å². The van der Waals surface area contributed by atoms with Crippen molar-refractivity contribution in [3.8, 4) is 22.6 Å². The number of nitrogens with two attached hydrogens (primary N) is 1. The summed E-state index contributed by atoms with van der Waals surface area (Å²) in [6.07, 6.45) is 1.46. The van der Waals surface area contributed by atoms with E-state index in [2.05, 4.69) is 5.10 Å². The summed E-state index contributed by atoms with van der Waals surface area (Å²) in [5, 5.41) is 13.4. The number of methoxy groups -OCH3 is 1. The van der Waals surface area contributed by atoms with Crippen LogP contribution in [0.15, 0.2) is 18.3 Å². The molecule has 0 amide bonds. The Labute approximate surface area is 97.2 Å². The predicted molar refractivity (Wildman–Crippen MR) is 61.2 cm³/mol. The fourth-order valence-electron chi connectivity index (χ4n) is 1.57. The summed E-state index contributed by atoms with van der Waals surface area (Å²) in [5.41, 5.74) is 6.47. The number of nitrogen functional groups attached to an aromatic ring is 1. The van der Waals surface area contributed by atoms with E-state index in [-0.39, 0.29) is 17.1 Å². The van der Waals surface area contributed by atoms with Gasteiger partial charge in [-0.25, -0.2) is 4.39 Å². The summed E-state index contributed by atoms with van der Waals surface area (Å²) < 4.78 is 20.1. The van der Waals surface area contributed by atoms with Crippen LogP contribution in [-0.2, 0) is 7.05 Å². The second kappa shape index (κ2) is 3.97. The fraction of sp³-hybridized carbons (Fsp3) is 0.182. The van der Waals surface area contributed by atoms with Gasteiger partial charge in [-0.2, -0.15) is 5.10 Å². The van der Waals surface area contributed by atoms with Gasteiger partial charge in [0.2, 0.25) is 0 Å². The molecular formula is C11H12FN3O2. The van der Waals surface area contributed by atoms with Crippen LogP contribution in [0.4, 0.5) is 10.2 Å². The largest absolute Gasteiger partial charge is 0.504 e. The molecule has 90 valence electrons. The van der Waals surface area contributed by atoms with E-state index in [1.54, 1.807) is 7.05 Å². The molecule has 2 rings (SSSR count). The summed E-state index contributed by atoms with van der Waals surface area (Å²) in [7, 11) is 3.05. The number of hydrogen-bond donors (Lipinski definition) is 2. The molecule has 0 saturated carbocycles.